The molecule has 0 saturated carbocycles. The lowest BCUT2D eigenvalue weighted by Crippen LogP contribution is -2.53. The Morgan fingerprint density at radius 3 is 2.73 bits per heavy atom. The van der Waals surface area contributed by atoms with Crippen molar-refractivity contribution in [2.75, 3.05) is 25.5 Å². The maximum atomic E-state index is 11.9. The van der Waals surface area contributed by atoms with Crippen LogP contribution in [-0.4, -0.2) is 42.2 Å². The van der Waals surface area contributed by atoms with Gasteiger partial charge in [0.05, 0.1) is 11.7 Å². The van der Waals surface area contributed by atoms with E-state index in [2.05, 4.69) is 5.32 Å². The summed E-state index contributed by atoms with van der Waals surface area (Å²) in [6.07, 6.45) is -0.351. The number of carbonyl (C=O) groups is 1. The van der Waals surface area contributed by atoms with E-state index in [1.165, 1.54) is 0 Å². The molecule has 1 aromatic carbocycles. The lowest BCUT2D eigenvalue weighted by molar-refractivity contribution is 0.00596. The fourth-order valence-corrected chi connectivity index (χ4v) is 1.68. The van der Waals surface area contributed by atoms with Crippen molar-refractivity contribution in [1.82, 2.24) is 4.90 Å². The van der Waals surface area contributed by atoms with Gasteiger partial charge in [0, 0.05) is 25.8 Å². The summed E-state index contributed by atoms with van der Waals surface area (Å²) in [4.78, 5) is 13.6. The number of β-amino-alcohol motifs (C(OH)–C–C–N with tert-alkyl or cyclic N) is 1. The summed E-state index contributed by atoms with van der Waals surface area (Å²) in [6.45, 7) is 0.883. The maximum Gasteiger partial charge on any atom is 0.256 e. The van der Waals surface area contributed by atoms with E-state index < -0.39 is 0 Å². The highest BCUT2D eigenvalue weighted by Crippen LogP contribution is 2.19. The van der Waals surface area contributed by atoms with E-state index in [4.69, 9.17) is 5.11 Å². The predicted octanol–water partition coefficient (Wildman–Crippen LogP) is 0.545. The van der Waals surface area contributed by atoms with Gasteiger partial charge in [0.2, 0.25) is 0 Å². The third-order valence-electron chi connectivity index (χ3n) is 2.58. The molecule has 1 aliphatic heterocycles. The van der Waals surface area contributed by atoms with Crippen LogP contribution in [0, 0.1) is 0 Å². The molecular formula is C11H14N2O2. The molecule has 15 heavy (non-hydrogen) atoms. The molecule has 0 radical (unpaired) electrons. The van der Waals surface area contributed by atoms with Gasteiger partial charge in [-0.2, -0.15) is 0 Å². The summed E-state index contributed by atoms with van der Waals surface area (Å²) >= 11 is 0. The number of likely N-dealkylation sites (tertiary alicyclic amines) is 1. The first kappa shape index (κ1) is 9.98. The maximum absolute atomic E-state index is 11.9. The van der Waals surface area contributed by atoms with Gasteiger partial charge >= 0.3 is 0 Å². The monoisotopic (exact) mass is 206 g/mol. The molecule has 2 rings (SSSR count). The van der Waals surface area contributed by atoms with Crippen LogP contribution in [0.15, 0.2) is 24.3 Å². The number of para-hydroxylation sites is 1. The minimum Gasteiger partial charge on any atom is -0.389 e. The van der Waals surface area contributed by atoms with Crippen LogP contribution in [0.25, 0.3) is 0 Å². The Bertz CT molecular complexity index is 373. The van der Waals surface area contributed by atoms with Gasteiger partial charge in [0.25, 0.3) is 5.91 Å². The second-order valence-electron chi connectivity index (χ2n) is 3.66. The lowest BCUT2D eigenvalue weighted by atomic mass is 10.1. The molecule has 80 valence electrons. The summed E-state index contributed by atoms with van der Waals surface area (Å²) in [5, 5.41) is 12.1. The minimum absolute atomic E-state index is 0.0229. The highest BCUT2D eigenvalue weighted by atomic mass is 16.3. The van der Waals surface area contributed by atoms with Crippen molar-refractivity contribution < 1.29 is 9.90 Å². The van der Waals surface area contributed by atoms with Crippen LogP contribution in [0.3, 0.4) is 0 Å². The van der Waals surface area contributed by atoms with Crippen LogP contribution >= 0.6 is 0 Å². The van der Waals surface area contributed by atoms with Gasteiger partial charge in [-0.3, -0.25) is 4.79 Å². The fraction of sp³-hybridized carbons (Fsp3) is 0.364. The molecule has 1 aromatic rings. The first-order chi connectivity index (χ1) is 7.22. The van der Waals surface area contributed by atoms with Gasteiger partial charge in [-0.05, 0) is 12.1 Å². The molecule has 4 nitrogen and oxygen atoms in total. The first-order valence-electron chi connectivity index (χ1n) is 4.96. The summed E-state index contributed by atoms with van der Waals surface area (Å²) in [5.41, 5.74) is 1.48. The number of hydrogen-bond acceptors (Lipinski definition) is 3. The first-order valence-corrected chi connectivity index (χ1v) is 4.96. The van der Waals surface area contributed by atoms with Crippen LogP contribution < -0.4 is 5.32 Å². The SMILES string of the molecule is CNc1ccccc1C(=O)N1CC(O)C1. The molecule has 0 aliphatic carbocycles. The number of aliphatic hydroxyl groups is 1. The van der Waals surface area contributed by atoms with Crippen molar-refractivity contribution in [3.8, 4) is 0 Å². The normalized spacial score (nSPS) is 16.0. The van der Waals surface area contributed by atoms with E-state index in [9.17, 15) is 4.79 Å². The number of nitrogens with one attached hydrogen (secondary N) is 1. The Hall–Kier alpha value is -1.55. The molecule has 1 fully saturated rings. The van der Waals surface area contributed by atoms with Gasteiger partial charge < -0.3 is 15.3 Å². The van der Waals surface area contributed by atoms with Crippen molar-refractivity contribution >= 4 is 11.6 Å². The average Bonchev–Trinajstić information content (AvgIpc) is 2.24. The van der Waals surface area contributed by atoms with Crippen molar-refractivity contribution in [2.45, 2.75) is 6.10 Å². The van der Waals surface area contributed by atoms with Crippen LogP contribution in [0.4, 0.5) is 5.69 Å². The molecular weight excluding hydrogens is 192 g/mol. The van der Waals surface area contributed by atoms with E-state index in [0.717, 1.165) is 5.69 Å². The van der Waals surface area contributed by atoms with Crippen LogP contribution in [0.1, 0.15) is 10.4 Å². The van der Waals surface area contributed by atoms with E-state index in [-0.39, 0.29) is 12.0 Å². The molecule has 0 aromatic heterocycles. The van der Waals surface area contributed by atoms with Crippen molar-refractivity contribution in [3.05, 3.63) is 29.8 Å². The molecule has 0 spiro atoms. The Labute approximate surface area is 88.5 Å². The van der Waals surface area contributed by atoms with Crippen molar-refractivity contribution in [3.63, 3.8) is 0 Å². The Morgan fingerprint density at radius 2 is 2.13 bits per heavy atom. The molecule has 1 aliphatic rings. The van der Waals surface area contributed by atoms with Gasteiger partial charge in [0.15, 0.2) is 0 Å². The molecule has 1 saturated heterocycles. The molecule has 1 heterocycles. The van der Waals surface area contributed by atoms with E-state index in [1.54, 1.807) is 18.0 Å². The number of rotatable bonds is 2. The number of aliphatic hydroxyl groups excluding tert-OH is 1. The van der Waals surface area contributed by atoms with Gasteiger partial charge in [-0.15, -0.1) is 0 Å². The number of hydrogen-bond donors (Lipinski definition) is 2. The quantitative estimate of drug-likeness (QED) is 0.742. The molecule has 1 amide bonds. The zero-order chi connectivity index (χ0) is 10.8. The van der Waals surface area contributed by atoms with E-state index >= 15 is 0 Å². The molecule has 0 unspecified atom stereocenters. The molecule has 0 bridgehead atoms. The number of amides is 1. The van der Waals surface area contributed by atoms with Crippen molar-refractivity contribution in [1.29, 1.82) is 0 Å². The van der Waals surface area contributed by atoms with Gasteiger partial charge in [-0.25, -0.2) is 0 Å². The minimum atomic E-state index is -0.351. The highest BCUT2D eigenvalue weighted by molar-refractivity contribution is 6.00. The summed E-state index contributed by atoms with van der Waals surface area (Å²) < 4.78 is 0. The predicted molar refractivity (Wildman–Crippen MR) is 57.9 cm³/mol. The van der Waals surface area contributed by atoms with Crippen molar-refractivity contribution in [2.24, 2.45) is 0 Å². The van der Waals surface area contributed by atoms with Crippen LogP contribution in [0.5, 0.6) is 0 Å². The Balaban J connectivity index is 2.18. The zero-order valence-corrected chi connectivity index (χ0v) is 8.60. The molecule has 2 N–H and O–H groups in total. The Morgan fingerprint density at radius 1 is 1.47 bits per heavy atom. The topological polar surface area (TPSA) is 52.6 Å². The van der Waals surface area contributed by atoms with E-state index in [0.29, 0.717) is 18.7 Å². The van der Waals surface area contributed by atoms with Crippen LogP contribution in [0.2, 0.25) is 0 Å². The summed E-state index contributed by atoms with van der Waals surface area (Å²) in [5.74, 6) is -0.0229. The molecule has 4 heteroatoms. The number of anilines is 1. The molecule has 0 atom stereocenters. The third-order valence-corrected chi connectivity index (χ3v) is 2.58. The van der Waals surface area contributed by atoms with Gasteiger partial charge in [0.1, 0.15) is 0 Å². The summed E-state index contributed by atoms with van der Waals surface area (Å²) in [7, 11) is 1.79. The van der Waals surface area contributed by atoms with Crippen LogP contribution in [-0.2, 0) is 0 Å². The van der Waals surface area contributed by atoms with Gasteiger partial charge in [-0.1, -0.05) is 12.1 Å². The Kier molecular flexibility index (Phi) is 2.60. The second-order valence-corrected chi connectivity index (χ2v) is 3.66. The highest BCUT2D eigenvalue weighted by Gasteiger charge is 2.30. The fourth-order valence-electron chi connectivity index (χ4n) is 1.68. The lowest BCUT2D eigenvalue weighted by Gasteiger charge is -2.36. The standard InChI is InChI=1S/C11H14N2O2/c1-12-10-5-3-2-4-9(10)11(15)13-6-8(14)7-13/h2-5,8,12,14H,6-7H2,1H3. The zero-order valence-electron chi connectivity index (χ0n) is 8.60. The van der Waals surface area contributed by atoms with E-state index in [1.807, 2.05) is 18.2 Å². The third kappa shape index (κ3) is 1.80. The largest absolute Gasteiger partial charge is 0.389 e. The number of nitrogens with zero attached hydrogens (tertiary/aromatic N) is 1. The number of benzene rings is 1. The second kappa shape index (κ2) is 3.90. The number of carbonyl (C=O) groups excluding carboxylic acids is 1. The smallest absolute Gasteiger partial charge is 0.256 e. The summed E-state index contributed by atoms with van der Waals surface area (Å²) in [6, 6.07) is 7.38. The average molecular weight is 206 g/mol.